The van der Waals surface area contributed by atoms with E-state index in [0.717, 1.165) is 18.8 Å². The molecule has 1 N–H and O–H groups in total. The highest BCUT2D eigenvalue weighted by Gasteiger charge is 2.42. The van der Waals surface area contributed by atoms with Crippen molar-refractivity contribution >= 4 is 34.8 Å². The third-order valence-corrected chi connectivity index (χ3v) is 6.47. The molecule has 2 atom stereocenters. The van der Waals surface area contributed by atoms with Crippen LogP contribution in [0.3, 0.4) is 0 Å². The van der Waals surface area contributed by atoms with Gasteiger partial charge < -0.3 is 15.0 Å². The largest absolute Gasteiger partial charge is 0.424 e. The van der Waals surface area contributed by atoms with E-state index in [4.69, 9.17) is 27.9 Å². The van der Waals surface area contributed by atoms with E-state index < -0.39 is 0 Å². The maximum Gasteiger partial charge on any atom is 0.322 e. The number of hydrogen-bond acceptors (Lipinski definition) is 7. The van der Waals surface area contributed by atoms with Gasteiger partial charge in [0.05, 0.1) is 11.9 Å². The van der Waals surface area contributed by atoms with Crippen LogP contribution in [0.15, 0.2) is 36.5 Å². The quantitative estimate of drug-likeness (QED) is 0.580. The van der Waals surface area contributed by atoms with Crippen molar-refractivity contribution in [2.24, 2.45) is 11.8 Å². The molecular weight excluding hydrogens is 437 g/mol. The molecule has 162 valence electrons. The Morgan fingerprint density at radius 1 is 1.16 bits per heavy atom. The zero-order valence-corrected chi connectivity index (χ0v) is 18.6. The Hall–Kier alpha value is -2.58. The van der Waals surface area contributed by atoms with Crippen molar-refractivity contribution in [3.05, 3.63) is 46.7 Å². The third-order valence-electron chi connectivity index (χ3n) is 6.05. The van der Waals surface area contributed by atoms with E-state index in [1.54, 1.807) is 16.9 Å². The molecule has 0 radical (unpaired) electrons. The number of hydrogen-bond donors (Lipinski definition) is 1. The summed E-state index contributed by atoms with van der Waals surface area (Å²) in [4.78, 5) is 6.97. The van der Waals surface area contributed by atoms with E-state index in [2.05, 4.69) is 30.5 Å². The lowest BCUT2D eigenvalue weighted by atomic mass is 9.92. The fourth-order valence-electron chi connectivity index (χ4n) is 4.63. The molecule has 2 unspecified atom stereocenters. The topological polar surface area (TPSA) is 81.0 Å². The van der Waals surface area contributed by atoms with Gasteiger partial charge in [-0.1, -0.05) is 29.3 Å². The normalized spacial score (nSPS) is 22.5. The smallest absolute Gasteiger partial charge is 0.322 e. The van der Waals surface area contributed by atoms with Crippen LogP contribution in [-0.2, 0) is 6.54 Å². The first-order chi connectivity index (χ1) is 15.1. The Kier molecular flexibility index (Phi) is 5.58. The highest BCUT2D eigenvalue weighted by molar-refractivity contribution is 6.30. The molecule has 1 aliphatic heterocycles. The molecule has 10 heteroatoms. The lowest BCUT2D eigenvalue weighted by molar-refractivity contribution is 0.376. The molecule has 1 aromatic carbocycles. The Bertz CT molecular complexity index is 1060. The molecule has 0 spiro atoms. The predicted octanol–water partition coefficient (Wildman–Crippen LogP) is 4.51. The maximum atomic E-state index is 6.07. The van der Waals surface area contributed by atoms with Gasteiger partial charge in [0.2, 0.25) is 5.95 Å². The first-order valence-electron chi connectivity index (χ1n) is 10.5. The molecular formula is C21H23Cl2N7O. The number of ether oxygens (including phenoxy) is 1. The summed E-state index contributed by atoms with van der Waals surface area (Å²) >= 11 is 12.1. The summed E-state index contributed by atoms with van der Waals surface area (Å²) < 4.78 is 7.69. The number of rotatable bonds is 6. The molecule has 3 heterocycles. The van der Waals surface area contributed by atoms with E-state index in [1.807, 2.05) is 31.2 Å². The molecule has 2 fully saturated rings. The summed E-state index contributed by atoms with van der Waals surface area (Å²) in [6.07, 6.45) is 4.12. The molecule has 8 nitrogen and oxygen atoms in total. The average Bonchev–Trinajstić information content (AvgIpc) is 3.23. The van der Waals surface area contributed by atoms with Crippen LogP contribution in [0.1, 0.15) is 19.8 Å². The minimum absolute atomic E-state index is 0.327. The standard InChI is InChI=1S/C21H23Cl2N7O/c1-2-30-21(31-17-5-3-4-15(22)8-17)26-20(28-30)25-19-13-6-7-14(19)12-29(11-13)16-9-18(23)27-24-10-16/h3-5,8-10,13-14,19H,2,6-7,11-12H2,1H3,(H,25,28). The van der Waals surface area contributed by atoms with Gasteiger partial charge in [-0.2, -0.15) is 10.1 Å². The van der Waals surface area contributed by atoms with Crippen LogP contribution in [0.4, 0.5) is 11.6 Å². The molecule has 2 aromatic heterocycles. The van der Waals surface area contributed by atoms with Crippen molar-refractivity contribution in [2.45, 2.75) is 32.4 Å². The van der Waals surface area contributed by atoms with E-state index in [0.29, 0.717) is 52.3 Å². The first kappa shape index (κ1) is 20.3. The lowest BCUT2D eigenvalue weighted by Gasteiger charge is -2.39. The lowest BCUT2D eigenvalue weighted by Crippen LogP contribution is -2.48. The summed E-state index contributed by atoms with van der Waals surface area (Å²) in [5, 5.41) is 17.1. The van der Waals surface area contributed by atoms with Gasteiger partial charge in [-0.25, -0.2) is 4.68 Å². The zero-order valence-electron chi connectivity index (χ0n) is 17.1. The summed E-state index contributed by atoms with van der Waals surface area (Å²) in [6.45, 7) is 4.55. The van der Waals surface area contributed by atoms with Crippen molar-refractivity contribution in [2.75, 3.05) is 23.3 Å². The second-order valence-electron chi connectivity index (χ2n) is 8.00. The first-order valence-corrected chi connectivity index (χ1v) is 11.2. The Balaban J connectivity index is 1.30. The van der Waals surface area contributed by atoms with Gasteiger partial charge in [-0.3, -0.25) is 0 Å². The molecule has 31 heavy (non-hydrogen) atoms. The molecule has 1 saturated heterocycles. The fourth-order valence-corrected chi connectivity index (χ4v) is 4.96. The van der Waals surface area contributed by atoms with Gasteiger partial charge in [0.15, 0.2) is 5.15 Å². The minimum Gasteiger partial charge on any atom is -0.424 e. The summed E-state index contributed by atoms with van der Waals surface area (Å²) in [5.41, 5.74) is 1.03. The number of aryl methyl sites for hydroxylation is 1. The van der Waals surface area contributed by atoms with Gasteiger partial charge in [0.1, 0.15) is 5.75 Å². The van der Waals surface area contributed by atoms with Gasteiger partial charge in [0, 0.05) is 36.8 Å². The highest BCUT2D eigenvalue weighted by Crippen LogP contribution is 2.40. The number of nitrogens with one attached hydrogen (secondary N) is 1. The fraction of sp³-hybridized carbons (Fsp3) is 0.429. The molecule has 0 amide bonds. The van der Waals surface area contributed by atoms with Crippen LogP contribution in [0.2, 0.25) is 10.2 Å². The van der Waals surface area contributed by atoms with Crippen LogP contribution in [-0.4, -0.2) is 44.1 Å². The van der Waals surface area contributed by atoms with Crippen LogP contribution >= 0.6 is 23.2 Å². The maximum absolute atomic E-state index is 6.07. The van der Waals surface area contributed by atoms with Crippen molar-refractivity contribution in [3.63, 3.8) is 0 Å². The zero-order chi connectivity index (χ0) is 21.4. The number of anilines is 2. The van der Waals surface area contributed by atoms with Crippen LogP contribution in [0.25, 0.3) is 0 Å². The van der Waals surface area contributed by atoms with E-state index >= 15 is 0 Å². The number of fused-ring (bicyclic) bond motifs is 2. The molecule has 2 bridgehead atoms. The number of aromatic nitrogens is 5. The second-order valence-corrected chi connectivity index (χ2v) is 8.83. The Morgan fingerprint density at radius 3 is 2.68 bits per heavy atom. The summed E-state index contributed by atoms with van der Waals surface area (Å²) in [7, 11) is 0. The van der Waals surface area contributed by atoms with E-state index in [9.17, 15) is 0 Å². The van der Waals surface area contributed by atoms with Gasteiger partial charge in [-0.05, 0) is 49.8 Å². The van der Waals surface area contributed by atoms with Crippen LogP contribution < -0.4 is 15.0 Å². The molecule has 1 aliphatic carbocycles. The van der Waals surface area contributed by atoms with Crippen LogP contribution in [0.5, 0.6) is 11.8 Å². The number of benzene rings is 1. The van der Waals surface area contributed by atoms with Gasteiger partial charge in [0.25, 0.3) is 0 Å². The molecule has 5 rings (SSSR count). The van der Waals surface area contributed by atoms with E-state index in [-0.39, 0.29) is 0 Å². The van der Waals surface area contributed by atoms with E-state index in [1.165, 1.54) is 12.8 Å². The number of piperidine rings is 1. The highest BCUT2D eigenvalue weighted by atomic mass is 35.5. The summed E-state index contributed by atoms with van der Waals surface area (Å²) in [6, 6.07) is 9.93. The molecule has 2 aliphatic rings. The van der Waals surface area contributed by atoms with Gasteiger partial charge in [-0.15, -0.1) is 10.2 Å². The van der Waals surface area contributed by atoms with Crippen molar-refractivity contribution < 1.29 is 4.74 Å². The number of nitrogens with zero attached hydrogens (tertiary/aromatic N) is 6. The van der Waals surface area contributed by atoms with Crippen molar-refractivity contribution in [1.29, 1.82) is 0 Å². The van der Waals surface area contributed by atoms with Crippen LogP contribution in [0, 0.1) is 11.8 Å². The monoisotopic (exact) mass is 459 g/mol. The summed E-state index contributed by atoms with van der Waals surface area (Å²) in [5.74, 6) is 2.23. The number of halogens is 2. The minimum atomic E-state index is 0.327. The third kappa shape index (κ3) is 4.27. The van der Waals surface area contributed by atoms with Gasteiger partial charge >= 0.3 is 6.01 Å². The molecule has 1 saturated carbocycles. The predicted molar refractivity (Wildman–Crippen MR) is 120 cm³/mol. The SMILES string of the molecule is CCn1nc(NC2C3CCC2CN(c2cnnc(Cl)c2)C3)nc1Oc1cccc(Cl)c1. The Morgan fingerprint density at radius 2 is 1.97 bits per heavy atom. The van der Waals surface area contributed by atoms with Crippen molar-refractivity contribution in [3.8, 4) is 11.8 Å². The molecule has 3 aromatic rings. The average molecular weight is 460 g/mol. The second kappa shape index (κ2) is 8.51. The van der Waals surface area contributed by atoms with Crippen molar-refractivity contribution in [1.82, 2.24) is 25.0 Å². The Labute approximate surface area is 190 Å².